The van der Waals surface area contributed by atoms with E-state index in [1.165, 1.54) is 0 Å². The summed E-state index contributed by atoms with van der Waals surface area (Å²) < 4.78 is 5.34. The number of nitrogens with zero attached hydrogens (tertiary/aromatic N) is 2. The van der Waals surface area contributed by atoms with Crippen LogP contribution in [0.2, 0.25) is 0 Å². The molecule has 0 bridgehead atoms. The van der Waals surface area contributed by atoms with Crippen LogP contribution in [0.15, 0.2) is 18.3 Å². The highest BCUT2D eigenvalue weighted by Crippen LogP contribution is 2.16. The summed E-state index contributed by atoms with van der Waals surface area (Å²) in [5, 5.41) is 0. The quantitative estimate of drug-likeness (QED) is 0.764. The highest BCUT2D eigenvalue weighted by atomic mass is 16.5. The van der Waals surface area contributed by atoms with Crippen molar-refractivity contribution in [3.63, 3.8) is 0 Å². The Kier molecular flexibility index (Phi) is 4.76. The molecule has 1 amide bonds. The topological polar surface area (TPSA) is 42.4 Å². The fourth-order valence-electron chi connectivity index (χ4n) is 1.49. The minimum atomic E-state index is -0.0263. The summed E-state index contributed by atoms with van der Waals surface area (Å²) in [4.78, 5) is 17.9. The number of carbonyl (C=O) groups excluding carboxylic acids is 1. The fraction of sp³-hybridized carbons (Fsp3) is 0.500. The molecule has 0 atom stereocenters. The molecule has 1 aromatic heterocycles. The third-order valence-electron chi connectivity index (χ3n) is 2.33. The van der Waals surface area contributed by atoms with Crippen molar-refractivity contribution < 1.29 is 9.53 Å². The number of amides is 1. The predicted octanol–water partition coefficient (Wildman–Crippen LogP) is 1.96. The highest BCUT2D eigenvalue weighted by molar-refractivity contribution is 5.96. The molecule has 0 saturated carbocycles. The summed E-state index contributed by atoms with van der Waals surface area (Å²) in [5.41, 5.74) is 0.535. The van der Waals surface area contributed by atoms with Gasteiger partial charge in [-0.1, -0.05) is 0 Å². The van der Waals surface area contributed by atoms with Gasteiger partial charge in [-0.25, -0.2) is 4.98 Å². The molecule has 0 fully saturated rings. The largest absolute Gasteiger partial charge is 0.477 e. The normalized spacial score (nSPS) is 9.94. The summed E-state index contributed by atoms with van der Waals surface area (Å²) in [6.45, 7) is 7.68. The van der Waals surface area contributed by atoms with Gasteiger partial charge in [0.15, 0.2) is 0 Å². The molecule has 4 heteroatoms. The third kappa shape index (κ3) is 2.72. The van der Waals surface area contributed by atoms with Crippen LogP contribution in [0.3, 0.4) is 0 Å². The van der Waals surface area contributed by atoms with Gasteiger partial charge in [-0.05, 0) is 32.9 Å². The van der Waals surface area contributed by atoms with Crippen LogP contribution in [0, 0.1) is 0 Å². The molecular formula is C12H18N2O2. The first-order chi connectivity index (χ1) is 7.74. The van der Waals surface area contributed by atoms with Crippen molar-refractivity contribution in [2.45, 2.75) is 20.8 Å². The Balaban J connectivity index is 2.97. The minimum Gasteiger partial charge on any atom is -0.477 e. The summed E-state index contributed by atoms with van der Waals surface area (Å²) >= 11 is 0. The number of aromatic nitrogens is 1. The molecule has 0 unspecified atom stereocenters. The summed E-state index contributed by atoms with van der Waals surface area (Å²) in [7, 11) is 0. The summed E-state index contributed by atoms with van der Waals surface area (Å²) in [6, 6.07) is 3.50. The molecule has 1 aromatic rings. The maximum Gasteiger partial charge on any atom is 0.259 e. The van der Waals surface area contributed by atoms with Crippen molar-refractivity contribution >= 4 is 5.91 Å². The molecule has 0 N–H and O–H groups in total. The molecule has 0 spiro atoms. The zero-order chi connectivity index (χ0) is 12.0. The van der Waals surface area contributed by atoms with Crippen LogP contribution in [-0.4, -0.2) is 35.5 Å². The van der Waals surface area contributed by atoms with E-state index in [-0.39, 0.29) is 5.91 Å². The lowest BCUT2D eigenvalue weighted by atomic mass is 10.2. The van der Waals surface area contributed by atoms with E-state index in [9.17, 15) is 4.79 Å². The first-order valence-electron chi connectivity index (χ1n) is 5.61. The van der Waals surface area contributed by atoms with Gasteiger partial charge in [0.05, 0.1) is 6.61 Å². The van der Waals surface area contributed by atoms with E-state index in [0.717, 1.165) is 0 Å². The third-order valence-corrected chi connectivity index (χ3v) is 2.33. The Labute approximate surface area is 96.2 Å². The van der Waals surface area contributed by atoms with Gasteiger partial charge in [0, 0.05) is 19.3 Å². The number of rotatable bonds is 5. The van der Waals surface area contributed by atoms with Crippen LogP contribution in [0.4, 0.5) is 0 Å². The predicted molar refractivity (Wildman–Crippen MR) is 62.7 cm³/mol. The van der Waals surface area contributed by atoms with Crippen LogP contribution >= 0.6 is 0 Å². The van der Waals surface area contributed by atoms with E-state index < -0.39 is 0 Å². The van der Waals surface area contributed by atoms with Gasteiger partial charge in [-0.15, -0.1) is 0 Å². The van der Waals surface area contributed by atoms with E-state index in [4.69, 9.17) is 4.74 Å². The van der Waals surface area contributed by atoms with Gasteiger partial charge in [0.25, 0.3) is 5.91 Å². The van der Waals surface area contributed by atoms with Crippen LogP contribution < -0.4 is 4.74 Å². The second kappa shape index (κ2) is 6.10. The first kappa shape index (κ1) is 12.5. The SMILES string of the molecule is CCOc1ncccc1C(=O)N(CC)CC. The number of hydrogen-bond acceptors (Lipinski definition) is 3. The second-order valence-electron chi connectivity index (χ2n) is 3.27. The van der Waals surface area contributed by atoms with E-state index in [0.29, 0.717) is 31.1 Å². The number of pyridine rings is 1. The zero-order valence-electron chi connectivity index (χ0n) is 10.1. The second-order valence-corrected chi connectivity index (χ2v) is 3.27. The molecule has 88 valence electrons. The molecule has 0 aromatic carbocycles. The monoisotopic (exact) mass is 222 g/mol. The molecule has 0 aliphatic heterocycles. The molecule has 1 rings (SSSR count). The van der Waals surface area contributed by atoms with E-state index in [2.05, 4.69) is 4.98 Å². The maximum absolute atomic E-state index is 12.1. The van der Waals surface area contributed by atoms with Crippen LogP contribution in [0.1, 0.15) is 31.1 Å². The molecule has 0 aliphatic rings. The standard InChI is InChI=1S/C12H18N2O2/c1-4-14(5-2)12(15)10-8-7-9-13-11(10)16-6-3/h7-9H,4-6H2,1-3H3. The van der Waals surface area contributed by atoms with Gasteiger partial charge in [0.2, 0.25) is 5.88 Å². The van der Waals surface area contributed by atoms with E-state index >= 15 is 0 Å². The van der Waals surface area contributed by atoms with Crippen molar-refractivity contribution in [1.29, 1.82) is 0 Å². The van der Waals surface area contributed by atoms with Crippen molar-refractivity contribution in [3.8, 4) is 5.88 Å². The highest BCUT2D eigenvalue weighted by Gasteiger charge is 2.17. The first-order valence-corrected chi connectivity index (χ1v) is 5.61. The Hall–Kier alpha value is -1.58. The van der Waals surface area contributed by atoms with Crippen molar-refractivity contribution in [2.75, 3.05) is 19.7 Å². The Morgan fingerprint density at radius 3 is 2.62 bits per heavy atom. The number of carbonyl (C=O) groups is 1. The molecule has 16 heavy (non-hydrogen) atoms. The Morgan fingerprint density at radius 2 is 2.06 bits per heavy atom. The van der Waals surface area contributed by atoms with Gasteiger partial charge < -0.3 is 9.64 Å². The van der Waals surface area contributed by atoms with Crippen molar-refractivity contribution in [2.24, 2.45) is 0 Å². The summed E-state index contributed by atoms with van der Waals surface area (Å²) in [5.74, 6) is 0.392. The number of hydrogen-bond donors (Lipinski definition) is 0. The van der Waals surface area contributed by atoms with Crippen molar-refractivity contribution in [3.05, 3.63) is 23.9 Å². The van der Waals surface area contributed by atoms with Crippen molar-refractivity contribution in [1.82, 2.24) is 9.88 Å². The maximum atomic E-state index is 12.1. The van der Waals surface area contributed by atoms with Gasteiger partial charge in [-0.3, -0.25) is 4.79 Å². The van der Waals surface area contributed by atoms with Gasteiger partial charge >= 0.3 is 0 Å². The lowest BCUT2D eigenvalue weighted by Crippen LogP contribution is -2.30. The van der Waals surface area contributed by atoms with E-state index in [1.54, 1.807) is 23.2 Å². The van der Waals surface area contributed by atoms with Crippen LogP contribution in [-0.2, 0) is 0 Å². The zero-order valence-corrected chi connectivity index (χ0v) is 10.1. The van der Waals surface area contributed by atoms with Crippen LogP contribution in [0.25, 0.3) is 0 Å². The smallest absolute Gasteiger partial charge is 0.259 e. The molecular weight excluding hydrogens is 204 g/mol. The Bertz CT molecular complexity index is 349. The molecule has 4 nitrogen and oxygen atoms in total. The Morgan fingerprint density at radius 1 is 1.38 bits per heavy atom. The van der Waals surface area contributed by atoms with Gasteiger partial charge in [0.1, 0.15) is 5.56 Å². The molecule has 1 heterocycles. The minimum absolute atomic E-state index is 0.0263. The lowest BCUT2D eigenvalue weighted by molar-refractivity contribution is 0.0768. The van der Waals surface area contributed by atoms with Crippen LogP contribution in [0.5, 0.6) is 5.88 Å². The molecule has 0 aliphatic carbocycles. The molecule has 0 radical (unpaired) electrons. The van der Waals surface area contributed by atoms with Gasteiger partial charge in [-0.2, -0.15) is 0 Å². The summed E-state index contributed by atoms with van der Waals surface area (Å²) in [6.07, 6.45) is 1.63. The molecule has 0 saturated heterocycles. The lowest BCUT2D eigenvalue weighted by Gasteiger charge is -2.19. The number of ether oxygens (including phenoxy) is 1. The average molecular weight is 222 g/mol. The van der Waals surface area contributed by atoms with E-state index in [1.807, 2.05) is 20.8 Å². The average Bonchev–Trinajstić information content (AvgIpc) is 2.31. The fourth-order valence-corrected chi connectivity index (χ4v) is 1.49.